The lowest BCUT2D eigenvalue weighted by Crippen LogP contribution is -2.38. The second-order valence-corrected chi connectivity index (χ2v) is 5.17. The van der Waals surface area contributed by atoms with Crippen molar-refractivity contribution in [3.8, 4) is 0 Å². The minimum Gasteiger partial charge on any atom is -0.356 e. The molecule has 3 heterocycles. The summed E-state index contributed by atoms with van der Waals surface area (Å²) in [5, 5.41) is 19.0. The SMILES string of the molecule is CN=C(NCCc1cnn(C)c1)NCc1nnc2ccccn12.I. The van der Waals surface area contributed by atoms with Crippen LogP contribution in [0.5, 0.6) is 0 Å². The van der Waals surface area contributed by atoms with Gasteiger partial charge in [0.1, 0.15) is 0 Å². The van der Waals surface area contributed by atoms with Gasteiger partial charge in [-0.15, -0.1) is 34.2 Å². The van der Waals surface area contributed by atoms with Gasteiger partial charge < -0.3 is 10.6 Å². The first kappa shape index (κ1) is 18.2. The van der Waals surface area contributed by atoms with E-state index in [0.29, 0.717) is 6.54 Å². The summed E-state index contributed by atoms with van der Waals surface area (Å²) in [4.78, 5) is 4.22. The van der Waals surface area contributed by atoms with Crippen LogP contribution in [0.4, 0.5) is 0 Å². The summed E-state index contributed by atoms with van der Waals surface area (Å²) in [6.07, 6.45) is 6.73. The molecule has 3 aromatic heterocycles. The molecule has 0 bridgehead atoms. The summed E-state index contributed by atoms with van der Waals surface area (Å²) in [6.45, 7) is 1.34. The summed E-state index contributed by atoms with van der Waals surface area (Å²) in [6, 6.07) is 5.83. The van der Waals surface area contributed by atoms with E-state index in [4.69, 9.17) is 0 Å². The molecule has 0 saturated carbocycles. The van der Waals surface area contributed by atoms with Crippen LogP contribution in [-0.4, -0.2) is 43.9 Å². The van der Waals surface area contributed by atoms with E-state index < -0.39 is 0 Å². The van der Waals surface area contributed by atoms with Crippen molar-refractivity contribution in [2.45, 2.75) is 13.0 Å². The van der Waals surface area contributed by atoms with E-state index in [9.17, 15) is 0 Å². The van der Waals surface area contributed by atoms with Crippen molar-refractivity contribution in [1.82, 2.24) is 35.0 Å². The van der Waals surface area contributed by atoms with Gasteiger partial charge in [-0.2, -0.15) is 5.10 Å². The van der Waals surface area contributed by atoms with Crippen molar-refractivity contribution in [2.75, 3.05) is 13.6 Å². The molecule has 0 aliphatic heterocycles. The lowest BCUT2D eigenvalue weighted by Gasteiger charge is -2.10. The molecule has 0 saturated heterocycles. The molecule has 2 N–H and O–H groups in total. The van der Waals surface area contributed by atoms with Crippen molar-refractivity contribution in [1.29, 1.82) is 0 Å². The van der Waals surface area contributed by atoms with Gasteiger partial charge in [-0.05, 0) is 24.1 Å². The van der Waals surface area contributed by atoms with Crippen LogP contribution in [0.2, 0.25) is 0 Å². The highest BCUT2D eigenvalue weighted by molar-refractivity contribution is 14.0. The van der Waals surface area contributed by atoms with Gasteiger partial charge in [0.15, 0.2) is 17.4 Å². The average Bonchev–Trinajstić information content (AvgIpc) is 3.17. The molecule has 128 valence electrons. The normalized spacial score (nSPS) is 11.3. The number of guanidine groups is 1. The van der Waals surface area contributed by atoms with Crippen LogP contribution in [0.15, 0.2) is 41.8 Å². The van der Waals surface area contributed by atoms with Crippen LogP contribution in [0, 0.1) is 0 Å². The Bertz CT molecular complexity index is 807. The monoisotopic (exact) mass is 440 g/mol. The van der Waals surface area contributed by atoms with Crippen LogP contribution in [0.25, 0.3) is 5.65 Å². The summed E-state index contributed by atoms with van der Waals surface area (Å²) >= 11 is 0. The van der Waals surface area contributed by atoms with Crippen molar-refractivity contribution in [3.63, 3.8) is 0 Å². The van der Waals surface area contributed by atoms with Gasteiger partial charge in [-0.25, -0.2) is 0 Å². The molecule has 0 aliphatic rings. The molecule has 0 radical (unpaired) electrons. The molecule has 0 atom stereocenters. The van der Waals surface area contributed by atoms with E-state index in [2.05, 4.69) is 30.9 Å². The third-order valence-electron chi connectivity index (χ3n) is 3.49. The number of nitrogens with zero attached hydrogens (tertiary/aromatic N) is 6. The van der Waals surface area contributed by atoms with Gasteiger partial charge >= 0.3 is 0 Å². The minimum atomic E-state index is 0. The summed E-state index contributed by atoms with van der Waals surface area (Å²) in [5.41, 5.74) is 2.03. The molecule has 8 nitrogen and oxygen atoms in total. The summed E-state index contributed by atoms with van der Waals surface area (Å²) in [7, 11) is 3.67. The highest BCUT2D eigenvalue weighted by Gasteiger charge is 2.05. The fraction of sp³-hybridized carbons (Fsp3) is 0.333. The molecule has 24 heavy (non-hydrogen) atoms. The van der Waals surface area contributed by atoms with Gasteiger partial charge in [0.05, 0.1) is 12.7 Å². The molecule has 0 aromatic carbocycles. The number of aliphatic imine (C=N–C) groups is 1. The quantitative estimate of drug-likeness (QED) is 0.351. The van der Waals surface area contributed by atoms with Gasteiger partial charge in [0, 0.05) is 33.0 Å². The van der Waals surface area contributed by atoms with E-state index in [0.717, 1.165) is 30.4 Å². The molecule has 0 spiro atoms. The molecular weight excluding hydrogens is 419 g/mol. The highest BCUT2D eigenvalue weighted by atomic mass is 127. The number of aromatic nitrogens is 5. The first-order valence-corrected chi connectivity index (χ1v) is 7.47. The van der Waals surface area contributed by atoms with E-state index in [1.165, 1.54) is 5.56 Å². The Kier molecular flexibility index (Phi) is 6.53. The maximum Gasteiger partial charge on any atom is 0.191 e. The number of hydrogen-bond donors (Lipinski definition) is 2. The molecule has 0 aliphatic carbocycles. The van der Waals surface area contributed by atoms with Crippen molar-refractivity contribution < 1.29 is 0 Å². The van der Waals surface area contributed by atoms with Crippen molar-refractivity contribution in [3.05, 3.63) is 48.2 Å². The second kappa shape index (κ2) is 8.62. The lowest BCUT2D eigenvalue weighted by atomic mass is 10.2. The van der Waals surface area contributed by atoms with E-state index in [1.54, 1.807) is 11.7 Å². The molecule has 0 unspecified atom stereocenters. The Morgan fingerprint density at radius 2 is 2.12 bits per heavy atom. The standard InChI is InChI=1S/C15H20N8.HI/c1-16-15(17-7-6-12-9-19-22(2)11-12)18-10-14-21-20-13-5-3-4-8-23(13)14;/h3-5,8-9,11H,6-7,10H2,1-2H3,(H2,16,17,18);1H. The number of hydrogen-bond acceptors (Lipinski definition) is 4. The van der Waals surface area contributed by atoms with Crippen molar-refractivity contribution >= 4 is 35.6 Å². The topological polar surface area (TPSA) is 84.4 Å². The van der Waals surface area contributed by atoms with Gasteiger partial charge in [-0.1, -0.05) is 6.07 Å². The van der Waals surface area contributed by atoms with E-state index >= 15 is 0 Å². The third-order valence-corrected chi connectivity index (χ3v) is 3.49. The summed E-state index contributed by atoms with van der Waals surface area (Å²) < 4.78 is 3.76. The zero-order valence-corrected chi connectivity index (χ0v) is 16.0. The number of rotatable bonds is 5. The average molecular weight is 440 g/mol. The van der Waals surface area contributed by atoms with Crippen LogP contribution in [0.1, 0.15) is 11.4 Å². The number of nitrogens with one attached hydrogen (secondary N) is 2. The van der Waals surface area contributed by atoms with E-state index in [1.807, 2.05) is 48.2 Å². The zero-order valence-electron chi connectivity index (χ0n) is 13.7. The van der Waals surface area contributed by atoms with Crippen molar-refractivity contribution in [2.24, 2.45) is 12.0 Å². The second-order valence-electron chi connectivity index (χ2n) is 5.17. The molecule has 3 rings (SSSR count). The smallest absolute Gasteiger partial charge is 0.191 e. The van der Waals surface area contributed by atoms with E-state index in [-0.39, 0.29) is 24.0 Å². The number of aryl methyl sites for hydroxylation is 1. The predicted molar refractivity (Wildman–Crippen MR) is 104 cm³/mol. The zero-order chi connectivity index (χ0) is 16.1. The maximum atomic E-state index is 4.22. The van der Waals surface area contributed by atoms with Crippen LogP contribution < -0.4 is 10.6 Å². The fourth-order valence-electron chi connectivity index (χ4n) is 2.32. The Balaban J connectivity index is 0.00000208. The lowest BCUT2D eigenvalue weighted by molar-refractivity contribution is 0.754. The first-order chi connectivity index (χ1) is 11.3. The van der Waals surface area contributed by atoms with Crippen LogP contribution in [-0.2, 0) is 20.0 Å². The van der Waals surface area contributed by atoms with Crippen LogP contribution in [0.3, 0.4) is 0 Å². The Morgan fingerprint density at radius 3 is 2.88 bits per heavy atom. The molecular formula is C15H21IN8. The first-order valence-electron chi connectivity index (χ1n) is 7.47. The Hall–Kier alpha value is -2.17. The highest BCUT2D eigenvalue weighted by Crippen LogP contribution is 2.02. The number of fused-ring (bicyclic) bond motifs is 1. The number of pyridine rings is 1. The molecule has 0 fully saturated rings. The summed E-state index contributed by atoms with van der Waals surface area (Å²) in [5.74, 6) is 1.58. The van der Waals surface area contributed by atoms with Gasteiger partial charge in [0.2, 0.25) is 0 Å². The van der Waals surface area contributed by atoms with Gasteiger partial charge in [-0.3, -0.25) is 14.1 Å². The number of halogens is 1. The Labute approximate surface area is 157 Å². The largest absolute Gasteiger partial charge is 0.356 e. The third kappa shape index (κ3) is 4.43. The fourth-order valence-corrected chi connectivity index (χ4v) is 2.32. The van der Waals surface area contributed by atoms with Gasteiger partial charge in [0.25, 0.3) is 0 Å². The Morgan fingerprint density at radius 1 is 1.25 bits per heavy atom. The molecule has 3 aromatic rings. The predicted octanol–water partition coefficient (Wildman–Crippen LogP) is 0.989. The molecule has 9 heteroatoms. The molecule has 0 amide bonds. The minimum absolute atomic E-state index is 0. The van der Waals surface area contributed by atoms with Crippen LogP contribution >= 0.6 is 24.0 Å². The maximum absolute atomic E-state index is 4.22.